The van der Waals surface area contributed by atoms with Gasteiger partial charge in [-0.15, -0.1) is 0 Å². The molecule has 28 heavy (non-hydrogen) atoms. The van der Waals surface area contributed by atoms with Gasteiger partial charge in [-0.25, -0.2) is 9.97 Å². The zero-order valence-electron chi connectivity index (χ0n) is 17.7. The van der Waals surface area contributed by atoms with Crippen LogP contribution in [0.2, 0.25) is 0 Å². The van der Waals surface area contributed by atoms with Crippen LogP contribution in [-0.2, 0) is 6.42 Å². The molecule has 0 aliphatic carbocycles. The predicted octanol–water partition coefficient (Wildman–Crippen LogP) is 7.17. The van der Waals surface area contributed by atoms with E-state index in [-0.39, 0.29) is 0 Å². The second-order valence-electron chi connectivity index (χ2n) is 7.35. The molecule has 1 aromatic carbocycles. The molecule has 2 rings (SSSR count). The Morgan fingerprint density at radius 1 is 0.786 bits per heavy atom. The maximum Gasteiger partial charge on any atom is 0.159 e. The Hall–Kier alpha value is -2.16. The Balaban J connectivity index is 1.74. The van der Waals surface area contributed by atoms with Crippen molar-refractivity contribution in [1.29, 1.82) is 0 Å². The Kier molecular flexibility index (Phi) is 11.0. The van der Waals surface area contributed by atoms with Crippen LogP contribution in [0, 0.1) is 0 Å². The molecule has 0 radical (unpaired) electrons. The van der Waals surface area contributed by atoms with E-state index >= 15 is 0 Å². The van der Waals surface area contributed by atoms with Crippen molar-refractivity contribution in [2.24, 2.45) is 0 Å². The number of rotatable bonds is 14. The molecule has 0 saturated heterocycles. The third-order valence-electron chi connectivity index (χ3n) is 4.83. The monoisotopic (exact) mass is 380 g/mol. The number of aryl methyl sites for hydroxylation is 1. The Bertz CT molecular complexity index is 662. The summed E-state index contributed by atoms with van der Waals surface area (Å²) >= 11 is 0. The van der Waals surface area contributed by atoms with E-state index in [0.717, 1.165) is 30.0 Å². The van der Waals surface area contributed by atoms with Crippen LogP contribution >= 0.6 is 0 Å². The molecule has 152 valence electrons. The van der Waals surface area contributed by atoms with Crippen molar-refractivity contribution in [3.63, 3.8) is 0 Å². The third kappa shape index (κ3) is 8.69. The number of allylic oxidation sites excluding steroid dienone is 1. The highest BCUT2D eigenvalue weighted by Crippen LogP contribution is 2.19. The number of ether oxygens (including phenoxy) is 1. The lowest BCUT2D eigenvalue weighted by molar-refractivity contribution is 0.325. The summed E-state index contributed by atoms with van der Waals surface area (Å²) in [4.78, 5) is 9.09. The van der Waals surface area contributed by atoms with Gasteiger partial charge in [-0.1, -0.05) is 64.5 Å². The second-order valence-corrected chi connectivity index (χ2v) is 7.35. The summed E-state index contributed by atoms with van der Waals surface area (Å²) in [6, 6.07) is 8.07. The van der Waals surface area contributed by atoms with Crippen LogP contribution in [0.1, 0.15) is 77.2 Å². The van der Waals surface area contributed by atoms with Crippen molar-refractivity contribution in [2.75, 3.05) is 6.61 Å². The van der Waals surface area contributed by atoms with Gasteiger partial charge in [-0.05, 0) is 55.5 Å². The summed E-state index contributed by atoms with van der Waals surface area (Å²) in [6.45, 7) is 5.18. The molecule has 3 nitrogen and oxygen atoms in total. The van der Waals surface area contributed by atoms with Gasteiger partial charge in [-0.2, -0.15) is 0 Å². The SMILES string of the molecule is CCCCC=CCCOc1ccc(-c2ncc(CCCCCCC)cn2)cc1. The highest BCUT2D eigenvalue weighted by atomic mass is 16.5. The van der Waals surface area contributed by atoms with E-state index in [0.29, 0.717) is 6.61 Å². The molecule has 0 fully saturated rings. The van der Waals surface area contributed by atoms with Gasteiger partial charge in [0.25, 0.3) is 0 Å². The van der Waals surface area contributed by atoms with Crippen LogP contribution in [-0.4, -0.2) is 16.6 Å². The molecule has 2 aromatic rings. The van der Waals surface area contributed by atoms with Crippen molar-refractivity contribution < 1.29 is 4.74 Å². The van der Waals surface area contributed by atoms with Crippen molar-refractivity contribution in [3.8, 4) is 17.1 Å². The molecule has 0 spiro atoms. The van der Waals surface area contributed by atoms with Gasteiger partial charge < -0.3 is 4.74 Å². The average molecular weight is 381 g/mol. The molecule has 0 aliphatic rings. The fraction of sp³-hybridized carbons (Fsp3) is 0.520. The summed E-state index contributed by atoms with van der Waals surface area (Å²) in [5.74, 6) is 1.68. The summed E-state index contributed by atoms with van der Waals surface area (Å²) < 4.78 is 5.80. The first kappa shape index (κ1) is 22.1. The van der Waals surface area contributed by atoms with Crippen molar-refractivity contribution in [3.05, 3.63) is 54.4 Å². The number of nitrogens with zero attached hydrogens (tertiary/aromatic N) is 2. The topological polar surface area (TPSA) is 35.0 Å². The van der Waals surface area contributed by atoms with E-state index in [1.165, 1.54) is 56.9 Å². The molecule has 0 saturated carbocycles. The molecular weight excluding hydrogens is 344 g/mol. The average Bonchev–Trinajstić information content (AvgIpc) is 2.74. The van der Waals surface area contributed by atoms with Gasteiger partial charge in [0.2, 0.25) is 0 Å². The standard InChI is InChI=1S/C25H36N2O/c1-3-5-7-9-11-13-19-28-24-17-15-23(16-18-24)25-26-20-22(21-27-25)14-12-10-8-6-4-2/h9,11,15-18,20-21H,3-8,10,12-14,19H2,1-2H3. The zero-order valence-corrected chi connectivity index (χ0v) is 17.7. The van der Waals surface area contributed by atoms with Crippen molar-refractivity contribution in [2.45, 2.75) is 78.1 Å². The van der Waals surface area contributed by atoms with E-state index < -0.39 is 0 Å². The number of aromatic nitrogens is 2. The third-order valence-corrected chi connectivity index (χ3v) is 4.83. The lowest BCUT2D eigenvalue weighted by Gasteiger charge is -2.06. The van der Waals surface area contributed by atoms with Crippen LogP contribution in [0.25, 0.3) is 11.4 Å². The number of hydrogen-bond donors (Lipinski definition) is 0. The molecular formula is C25H36N2O. The minimum atomic E-state index is 0.714. The van der Waals surface area contributed by atoms with Crippen LogP contribution < -0.4 is 4.74 Å². The normalized spacial score (nSPS) is 11.2. The van der Waals surface area contributed by atoms with E-state index in [9.17, 15) is 0 Å². The number of benzene rings is 1. The molecule has 0 atom stereocenters. The maximum atomic E-state index is 5.80. The van der Waals surface area contributed by atoms with E-state index in [1.807, 2.05) is 36.7 Å². The van der Waals surface area contributed by atoms with Gasteiger partial charge >= 0.3 is 0 Å². The fourth-order valence-electron chi connectivity index (χ4n) is 3.07. The first-order valence-electron chi connectivity index (χ1n) is 11.0. The van der Waals surface area contributed by atoms with Gasteiger partial charge in [0.15, 0.2) is 5.82 Å². The second kappa shape index (κ2) is 13.9. The molecule has 0 aliphatic heterocycles. The minimum absolute atomic E-state index is 0.714. The predicted molar refractivity (Wildman–Crippen MR) is 119 cm³/mol. The quantitative estimate of drug-likeness (QED) is 0.257. The molecule has 0 bridgehead atoms. The highest BCUT2D eigenvalue weighted by Gasteiger charge is 2.03. The highest BCUT2D eigenvalue weighted by molar-refractivity contribution is 5.55. The van der Waals surface area contributed by atoms with Gasteiger partial charge in [0.05, 0.1) is 6.61 Å². The summed E-state index contributed by atoms with van der Waals surface area (Å²) in [5, 5.41) is 0. The van der Waals surface area contributed by atoms with Crippen LogP contribution in [0.15, 0.2) is 48.8 Å². The zero-order chi connectivity index (χ0) is 19.9. The lowest BCUT2D eigenvalue weighted by Crippen LogP contribution is -1.96. The smallest absolute Gasteiger partial charge is 0.159 e. The van der Waals surface area contributed by atoms with Crippen LogP contribution in [0.5, 0.6) is 5.75 Å². The van der Waals surface area contributed by atoms with Gasteiger partial charge in [0.1, 0.15) is 5.75 Å². The summed E-state index contributed by atoms with van der Waals surface area (Å²) in [7, 11) is 0. The maximum absolute atomic E-state index is 5.80. The largest absolute Gasteiger partial charge is 0.493 e. The van der Waals surface area contributed by atoms with Gasteiger partial charge in [0, 0.05) is 18.0 Å². The van der Waals surface area contributed by atoms with Crippen LogP contribution in [0.4, 0.5) is 0 Å². The Morgan fingerprint density at radius 2 is 1.46 bits per heavy atom. The molecule has 0 amide bonds. The van der Waals surface area contributed by atoms with Crippen LogP contribution in [0.3, 0.4) is 0 Å². The Morgan fingerprint density at radius 3 is 2.18 bits per heavy atom. The molecule has 1 aromatic heterocycles. The van der Waals surface area contributed by atoms with E-state index in [1.54, 1.807) is 0 Å². The van der Waals surface area contributed by atoms with E-state index in [2.05, 4.69) is 36.0 Å². The Labute approximate surface area is 171 Å². The summed E-state index contributed by atoms with van der Waals surface area (Å²) in [6.07, 6.45) is 20.6. The minimum Gasteiger partial charge on any atom is -0.493 e. The number of hydrogen-bond acceptors (Lipinski definition) is 3. The molecule has 1 heterocycles. The molecule has 0 N–H and O–H groups in total. The molecule has 3 heteroatoms. The number of unbranched alkanes of at least 4 members (excludes halogenated alkanes) is 6. The van der Waals surface area contributed by atoms with Gasteiger partial charge in [-0.3, -0.25) is 0 Å². The first-order chi connectivity index (χ1) is 13.8. The fourth-order valence-corrected chi connectivity index (χ4v) is 3.07. The first-order valence-corrected chi connectivity index (χ1v) is 11.0. The van der Waals surface area contributed by atoms with E-state index in [4.69, 9.17) is 4.74 Å². The summed E-state index contributed by atoms with van der Waals surface area (Å²) in [5.41, 5.74) is 2.26. The lowest BCUT2D eigenvalue weighted by atomic mass is 10.1. The molecule has 0 unspecified atom stereocenters. The van der Waals surface area contributed by atoms with Crippen molar-refractivity contribution in [1.82, 2.24) is 9.97 Å². The van der Waals surface area contributed by atoms with Crippen molar-refractivity contribution >= 4 is 0 Å².